The number of nitrogens with one attached hydrogen (secondary N) is 1. The third-order valence-electron chi connectivity index (χ3n) is 1.57. The Morgan fingerprint density at radius 2 is 2.30 bits per heavy atom. The van der Waals surface area contributed by atoms with E-state index < -0.39 is 6.17 Å². The Morgan fingerprint density at radius 3 is 3.00 bits per heavy atom. The molecule has 0 aromatic carbocycles. The minimum Gasteiger partial charge on any atom is -0.371 e. The largest absolute Gasteiger partial charge is 0.371 e. The van der Waals surface area contributed by atoms with Crippen LogP contribution in [0.1, 0.15) is 13.8 Å². The van der Waals surface area contributed by atoms with Crippen LogP contribution in [-0.2, 0) is 4.74 Å². The molecule has 1 heterocycles. The summed E-state index contributed by atoms with van der Waals surface area (Å²) in [5, 5.41) is 2.99. The molecule has 1 aliphatic rings. The van der Waals surface area contributed by atoms with Crippen LogP contribution >= 0.6 is 0 Å². The SMILES string of the molecule is CC1(C)CNC[C@H](F)CO1. The molecule has 0 spiro atoms. The number of halogens is 1. The summed E-state index contributed by atoms with van der Waals surface area (Å²) >= 11 is 0. The van der Waals surface area contributed by atoms with Gasteiger partial charge in [0.25, 0.3) is 0 Å². The van der Waals surface area contributed by atoms with Crippen LogP contribution in [0.25, 0.3) is 0 Å². The summed E-state index contributed by atoms with van der Waals surface area (Å²) < 4.78 is 17.9. The Kier molecular flexibility index (Phi) is 2.26. The fourth-order valence-corrected chi connectivity index (χ4v) is 0.956. The van der Waals surface area contributed by atoms with Crippen LogP contribution in [0.2, 0.25) is 0 Å². The van der Waals surface area contributed by atoms with Crippen LogP contribution in [0.5, 0.6) is 0 Å². The Balaban J connectivity index is 2.41. The van der Waals surface area contributed by atoms with Crippen LogP contribution in [0, 0.1) is 0 Å². The highest BCUT2D eigenvalue weighted by molar-refractivity contribution is 4.77. The lowest BCUT2D eigenvalue weighted by Crippen LogP contribution is -2.34. The standard InChI is InChI=1S/C7H14FNO/c1-7(2)5-9-3-6(8)4-10-7/h6,9H,3-5H2,1-2H3/t6-/m0/s1. The van der Waals surface area contributed by atoms with E-state index in [0.29, 0.717) is 6.54 Å². The zero-order valence-electron chi connectivity index (χ0n) is 6.48. The van der Waals surface area contributed by atoms with Crippen molar-refractivity contribution >= 4 is 0 Å². The first kappa shape index (κ1) is 7.95. The van der Waals surface area contributed by atoms with Crippen LogP contribution in [0.4, 0.5) is 4.39 Å². The van der Waals surface area contributed by atoms with Crippen LogP contribution in [0.15, 0.2) is 0 Å². The predicted molar refractivity (Wildman–Crippen MR) is 37.8 cm³/mol. The molecule has 1 aliphatic heterocycles. The van der Waals surface area contributed by atoms with Gasteiger partial charge < -0.3 is 10.1 Å². The summed E-state index contributed by atoms with van der Waals surface area (Å²) in [5.41, 5.74) is -0.208. The summed E-state index contributed by atoms with van der Waals surface area (Å²) in [6.45, 7) is 5.28. The van der Waals surface area contributed by atoms with Gasteiger partial charge in [-0.2, -0.15) is 0 Å². The summed E-state index contributed by atoms with van der Waals surface area (Å²) in [5.74, 6) is 0. The van der Waals surface area contributed by atoms with Crippen molar-refractivity contribution in [1.82, 2.24) is 5.32 Å². The fourth-order valence-electron chi connectivity index (χ4n) is 0.956. The van der Waals surface area contributed by atoms with E-state index in [9.17, 15) is 4.39 Å². The van der Waals surface area contributed by atoms with Gasteiger partial charge in [-0.1, -0.05) is 0 Å². The average molecular weight is 147 g/mol. The third-order valence-corrected chi connectivity index (χ3v) is 1.57. The lowest BCUT2D eigenvalue weighted by atomic mass is 10.1. The lowest BCUT2D eigenvalue weighted by Gasteiger charge is -2.21. The van der Waals surface area contributed by atoms with Crippen molar-refractivity contribution in [2.24, 2.45) is 0 Å². The Hall–Kier alpha value is -0.150. The molecule has 0 amide bonds. The quantitative estimate of drug-likeness (QED) is 0.545. The monoisotopic (exact) mass is 147 g/mol. The van der Waals surface area contributed by atoms with Crippen LogP contribution in [0.3, 0.4) is 0 Å². The Labute approximate surface area is 60.8 Å². The highest BCUT2D eigenvalue weighted by Gasteiger charge is 2.23. The molecule has 0 aliphatic carbocycles. The van der Waals surface area contributed by atoms with E-state index in [1.54, 1.807) is 0 Å². The first-order valence-corrected chi connectivity index (χ1v) is 3.59. The zero-order chi connectivity index (χ0) is 7.61. The second kappa shape index (κ2) is 2.84. The van der Waals surface area contributed by atoms with Crippen molar-refractivity contribution in [3.63, 3.8) is 0 Å². The molecule has 0 saturated carbocycles. The second-order valence-electron chi connectivity index (χ2n) is 3.30. The maximum absolute atomic E-state index is 12.6. The van der Waals surface area contributed by atoms with E-state index in [-0.39, 0.29) is 12.2 Å². The number of rotatable bonds is 0. The van der Waals surface area contributed by atoms with Gasteiger partial charge in [-0.15, -0.1) is 0 Å². The van der Waals surface area contributed by atoms with Gasteiger partial charge in [0, 0.05) is 13.1 Å². The summed E-state index contributed by atoms with van der Waals surface area (Å²) in [4.78, 5) is 0. The molecule has 3 heteroatoms. The van der Waals surface area contributed by atoms with Crippen molar-refractivity contribution in [1.29, 1.82) is 0 Å². The number of hydrogen-bond acceptors (Lipinski definition) is 2. The minimum atomic E-state index is -0.846. The van der Waals surface area contributed by atoms with E-state index in [4.69, 9.17) is 4.74 Å². The van der Waals surface area contributed by atoms with Crippen molar-refractivity contribution < 1.29 is 9.13 Å². The molecule has 10 heavy (non-hydrogen) atoms. The topological polar surface area (TPSA) is 21.3 Å². The van der Waals surface area contributed by atoms with Gasteiger partial charge in [-0.3, -0.25) is 0 Å². The van der Waals surface area contributed by atoms with Gasteiger partial charge in [-0.25, -0.2) is 4.39 Å². The molecular formula is C7H14FNO. The molecule has 0 radical (unpaired) electrons. The predicted octanol–water partition coefficient (Wildman–Crippen LogP) is 0.723. The maximum atomic E-state index is 12.6. The van der Waals surface area contributed by atoms with Gasteiger partial charge in [0.15, 0.2) is 0 Å². The van der Waals surface area contributed by atoms with E-state index in [2.05, 4.69) is 5.32 Å². The highest BCUT2D eigenvalue weighted by atomic mass is 19.1. The molecule has 0 bridgehead atoms. The van der Waals surface area contributed by atoms with Crippen molar-refractivity contribution in [2.45, 2.75) is 25.6 Å². The van der Waals surface area contributed by atoms with Gasteiger partial charge in [0.1, 0.15) is 6.17 Å². The number of alkyl halides is 1. The maximum Gasteiger partial charge on any atom is 0.136 e. The first-order valence-electron chi connectivity index (χ1n) is 3.59. The minimum absolute atomic E-state index is 0.208. The Morgan fingerprint density at radius 1 is 1.60 bits per heavy atom. The third kappa shape index (κ3) is 2.23. The van der Waals surface area contributed by atoms with Crippen molar-refractivity contribution in [3.8, 4) is 0 Å². The van der Waals surface area contributed by atoms with E-state index in [1.165, 1.54) is 0 Å². The van der Waals surface area contributed by atoms with Crippen LogP contribution < -0.4 is 5.32 Å². The second-order valence-corrected chi connectivity index (χ2v) is 3.30. The molecule has 1 saturated heterocycles. The van der Waals surface area contributed by atoms with Crippen LogP contribution in [-0.4, -0.2) is 31.5 Å². The average Bonchev–Trinajstić information content (AvgIpc) is 1.94. The summed E-state index contributed by atoms with van der Waals surface area (Å²) in [6.07, 6.45) is -0.846. The number of hydrogen-bond donors (Lipinski definition) is 1. The molecule has 0 unspecified atom stereocenters. The number of ether oxygens (including phenoxy) is 1. The molecule has 0 aromatic rings. The van der Waals surface area contributed by atoms with Gasteiger partial charge in [0.2, 0.25) is 0 Å². The molecular weight excluding hydrogens is 133 g/mol. The first-order chi connectivity index (χ1) is 4.60. The Bertz CT molecular complexity index is 116. The van der Waals surface area contributed by atoms with Gasteiger partial charge in [-0.05, 0) is 13.8 Å². The molecule has 2 nitrogen and oxygen atoms in total. The van der Waals surface area contributed by atoms with Gasteiger partial charge in [0.05, 0.1) is 12.2 Å². The fraction of sp³-hybridized carbons (Fsp3) is 1.00. The molecule has 1 rings (SSSR count). The lowest BCUT2D eigenvalue weighted by molar-refractivity contribution is -0.0216. The van der Waals surface area contributed by atoms with Gasteiger partial charge >= 0.3 is 0 Å². The zero-order valence-corrected chi connectivity index (χ0v) is 6.48. The van der Waals surface area contributed by atoms with E-state index in [0.717, 1.165) is 6.54 Å². The smallest absolute Gasteiger partial charge is 0.136 e. The normalized spacial score (nSPS) is 33.3. The summed E-state index contributed by atoms with van der Waals surface area (Å²) in [6, 6.07) is 0. The molecule has 0 aromatic heterocycles. The molecule has 1 atom stereocenters. The van der Waals surface area contributed by atoms with Crippen molar-refractivity contribution in [3.05, 3.63) is 0 Å². The van der Waals surface area contributed by atoms with E-state index >= 15 is 0 Å². The molecule has 60 valence electrons. The van der Waals surface area contributed by atoms with Crippen molar-refractivity contribution in [2.75, 3.05) is 19.7 Å². The molecule has 1 fully saturated rings. The molecule has 1 N–H and O–H groups in total. The van der Waals surface area contributed by atoms with E-state index in [1.807, 2.05) is 13.8 Å². The highest BCUT2D eigenvalue weighted by Crippen LogP contribution is 2.11. The summed E-state index contributed by atoms with van der Waals surface area (Å²) in [7, 11) is 0.